The first-order valence-electron chi connectivity index (χ1n) is 8.19. The number of carbonyl (C=O) groups is 1. The Balaban J connectivity index is 1.75. The molecule has 25 heavy (non-hydrogen) atoms. The molecule has 1 amide bonds. The van der Waals surface area contributed by atoms with Gasteiger partial charge in [-0.2, -0.15) is 5.10 Å². The molecule has 5 heteroatoms. The molecule has 128 valence electrons. The largest absolute Gasteiger partial charge is 0.394 e. The van der Waals surface area contributed by atoms with Gasteiger partial charge in [-0.15, -0.1) is 0 Å². The fourth-order valence-electron chi connectivity index (χ4n) is 2.81. The number of nitrogens with zero attached hydrogens (tertiary/aromatic N) is 2. The van der Waals surface area contributed by atoms with Crippen LogP contribution in [0.2, 0.25) is 0 Å². The van der Waals surface area contributed by atoms with E-state index in [0.717, 1.165) is 22.6 Å². The van der Waals surface area contributed by atoms with Crippen LogP contribution in [-0.2, 0) is 0 Å². The van der Waals surface area contributed by atoms with E-state index >= 15 is 0 Å². The lowest BCUT2D eigenvalue weighted by atomic mass is 10.1. The second-order valence-electron chi connectivity index (χ2n) is 6.01. The molecule has 0 aliphatic rings. The molecule has 1 unspecified atom stereocenters. The molecule has 0 radical (unpaired) electrons. The molecule has 5 nitrogen and oxygen atoms in total. The summed E-state index contributed by atoms with van der Waals surface area (Å²) in [5.74, 6) is -0.220. The van der Waals surface area contributed by atoms with Crippen molar-refractivity contribution in [3.05, 3.63) is 83.2 Å². The van der Waals surface area contributed by atoms with E-state index in [4.69, 9.17) is 0 Å². The zero-order valence-corrected chi connectivity index (χ0v) is 14.3. The lowest BCUT2D eigenvalue weighted by molar-refractivity contribution is 0.0916. The van der Waals surface area contributed by atoms with Gasteiger partial charge in [0.15, 0.2) is 0 Å². The van der Waals surface area contributed by atoms with Gasteiger partial charge in [-0.1, -0.05) is 30.3 Å². The van der Waals surface area contributed by atoms with Crippen LogP contribution in [0.25, 0.3) is 5.69 Å². The SMILES string of the molecule is Cc1cc(C)n(-c2ccc(C(=O)NC(CO)c3ccccc3)cc2)n1. The van der Waals surface area contributed by atoms with Crippen LogP contribution in [0.15, 0.2) is 60.7 Å². The van der Waals surface area contributed by atoms with Gasteiger partial charge in [-0.3, -0.25) is 4.79 Å². The Kier molecular flexibility index (Phi) is 4.95. The summed E-state index contributed by atoms with van der Waals surface area (Å²) in [6, 6.07) is 18.3. The molecule has 3 aromatic rings. The van der Waals surface area contributed by atoms with E-state index in [1.54, 1.807) is 12.1 Å². The monoisotopic (exact) mass is 335 g/mol. The van der Waals surface area contributed by atoms with Crippen molar-refractivity contribution in [3.8, 4) is 5.69 Å². The number of rotatable bonds is 5. The average molecular weight is 335 g/mol. The maximum atomic E-state index is 12.5. The molecule has 2 aromatic carbocycles. The van der Waals surface area contributed by atoms with E-state index in [1.165, 1.54) is 0 Å². The van der Waals surface area contributed by atoms with Crippen molar-refractivity contribution in [2.24, 2.45) is 0 Å². The van der Waals surface area contributed by atoms with Gasteiger partial charge in [-0.05, 0) is 49.7 Å². The second-order valence-corrected chi connectivity index (χ2v) is 6.01. The van der Waals surface area contributed by atoms with Crippen LogP contribution in [0.4, 0.5) is 0 Å². The molecule has 2 N–H and O–H groups in total. The third-order valence-corrected chi connectivity index (χ3v) is 4.07. The predicted molar refractivity (Wildman–Crippen MR) is 96.8 cm³/mol. The number of hydrogen-bond acceptors (Lipinski definition) is 3. The average Bonchev–Trinajstić information content (AvgIpc) is 2.98. The van der Waals surface area contributed by atoms with Gasteiger partial charge in [0.05, 0.1) is 24.0 Å². The quantitative estimate of drug-likeness (QED) is 0.753. The Morgan fingerprint density at radius 3 is 2.36 bits per heavy atom. The second kappa shape index (κ2) is 7.32. The highest BCUT2D eigenvalue weighted by molar-refractivity contribution is 5.94. The van der Waals surface area contributed by atoms with Crippen molar-refractivity contribution < 1.29 is 9.90 Å². The van der Waals surface area contributed by atoms with E-state index in [1.807, 2.05) is 67.1 Å². The van der Waals surface area contributed by atoms with Crippen LogP contribution in [0, 0.1) is 13.8 Å². The molecule has 0 bridgehead atoms. The summed E-state index contributed by atoms with van der Waals surface area (Å²) in [7, 11) is 0. The minimum atomic E-state index is -0.426. The van der Waals surface area contributed by atoms with Gasteiger partial charge >= 0.3 is 0 Å². The van der Waals surface area contributed by atoms with Gasteiger partial charge in [0.2, 0.25) is 0 Å². The molecule has 0 aliphatic heterocycles. The normalized spacial score (nSPS) is 12.0. The molecule has 0 saturated carbocycles. The highest BCUT2D eigenvalue weighted by Crippen LogP contribution is 2.15. The first kappa shape index (κ1) is 16.9. The summed E-state index contributed by atoms with van der Waals surface area (Å²) in [6.07, 6.45) is 0. The molecule has 3 rings (SSSR count). The van der Waals surface area contributed by atoms with Crippen LogP contribution in [0.3, 0.4) is 0 Å². The Morgan fingerprint density at radius 2 is 1.80 bits per heavy atom. The minimum Gasteiger partial charge on any atom is -0.394 e. The van der Waals surface area contributed by atoms with Crippen LogP contribution in [0.1, 0.15) is 33.4 Å². The Bertz CT molecular complexity index is 854. The maximum Gasteiger partial charge on any atom is 0.251 e. The zero-order valence-electron chi connectivity index (χ0n) is 14.3. The van der Waals surface area contributed by atoms with Crippen molar-refractivity contribution in [2.45, 2.75) is 19.9 Å². The van der Waals surface area contributed by atoms with E-state index < -0.39 is 6.04 Å². The Labute approximate surface area is 146 Å². The molecule has 0 aliphatic carbocycles. The lowest BCUT2D eigenvalue weighted by Crippen LogP contribution is -2.30. The van der Waals surface area contributed by atoms with Crippen LogP contribution in [-0.4, -0.2) is 27.4 Å². The van der Waals surface area contributed by atoms with Gasteiger partial charge in [-0.25, -0.2) is 4.68 Å². The number of amides is 1. The summed E-state index contributed by atoms with van der Waals surface area (Å²) in [4.78, 5) is 12.5. The number of hydrogen-bond donors (Lipinski definition) is 2. The molecule has 0 spiro atoms. The Morgan fingerprint density at radius 1 is 1.12 bits per heavy atom. The number of aromatic nitrogens is 2. The molecule has 1 heterocycles. The third-order valence-electron chi connectivity index (χ3n) is 4.07. The first-order valence-corrected chi connectivity index (χ1v) is 8.19. The summed E-state index contributed by atoms with van der Waals surface area (Å²) < 4.78 is 1.84. The van der Waals surface area contributed by atoms with Crippen molar-refractivity contribution >= 4 is 5.91 Å². The molecular formula is C20H21N3O2. The summed E-state index contributed by atoms with van der Waals surface area (Å²) in [5.41, 5.74) is 4.31. The van der Waals surface area contributed by atoms with Gasteiger partial charge in [0, 0.05) is 11.3 Å². The van der Waals surface area contributed by atoms with Gasteiger partial charge in [0.25, 0.3) is 5.91 Å². The third kappa shape index (κ3) is 3.78. The van der Waals surface area contributed by atoms with Crippen molar-refractivity contribution in [1.82, 2.24) is 15.1 Å². The number of nitrogens with one attached hydrogen (secondary N) is 1. The number of aliphatic hydroxyl groups excluding tert-OH is 1. The summed E-state index contributed by atoms with van der Waals surface area (Å²) in [6.45, 7) is 3.79. The standard InChI is InChI=1S/C20H21N3O2/c1-14-12-15(2)23(22-14)18-10-8-17(9-11-18)20(25)21-19(13-24)16-6-4-3-5-7-16/h3-12,19,24H,13H2,1-2H3,(H,21,25). The number of aliphatic hydroxyl groups is 1. The van der Waals surface area contributed by atoms with Gasteiger partial charge in [0.1, 0.15) is 0 Å². The fourth-order valence-corrected chi connectivity index (χ4v) is 2.81. The minimum absolute atomic E-state index is 0.153. The molecule has 1 atom stereocenters. The van der Waals surface area contributed by atoms with Crippen LogP contribution < -0.4 is 5.32 Å². The molecule has 0 fully saturated rings. The van der Waals surface area contributed by atoms with Crippen molar-refractivity contribution in [3.63, 3.8) is 0 Å². The van der Waals surface area contributed by atoms with E-state index in [0.29, 0.717) is 5.56 Å². The van der Waals surface area contributed by atoms with Crippen molar-refractivity contribution in [1.29, 1.82) is 0 Å². The summed E-state index contributed by atoms with van der Waals surface area (Å²) in [5, 5.41) is 16.9. The Hall–Kier alpha value is -2.92. The topological polar surface area (TPSA) is 67.2 Å². The number of aryl methyl sites for hydroxylation is 2. The van der Waals surface area contributed by atoms with Crippen molar-refractivity contribution in [2.75, 3.05) is 6.61 Å². The predicted octanol–water partition coefficient (Wildman–Crippen LogP) is 2.95. The molecule has 0 saturated heterocycles. The highest BCUT2D eigenvalue weighted by Gasteiger charge is 2.15. The highest BCUT2D eigenvalue weighted by atomic mass is 16.3. The van der Waals surface area contributed by atoms with Gasteiger partial charge < -0.3 is 10.4 Å². The van der Waals surface area contributed by atoms with E-state index in [2.05, 4.69) is 10.4 Å². The molecular weight excluding hydrogens is 314 g/mol. The summed E-state index contributed by atoms with van der Waals surface area (Å²) >= 11 is 0. The first-order chi connectivity index (χ1) is 12.1. The van der Waals surface area contributed by atoms with Crippen LogP contribution in [0.5, 0.6) is 0 Å². The zero-order chi connectivity index (χ0) is 17.8. The maximum absolute atomic E-state index is 12.5. The molecule has 1 aromatic heterocycles. The van der Waals surface area contributed by atoms with Crippen LogP contribution >= 0.6 is 0 Å². The smallest absolute Gasteiger partial charge is 0.251 e. The number of carbonyl (C=O) groups excluding carboxylic acids is 1. The number of benzene rings is 2. The fraction of sp³-hybridized carbons (Fsp3) is 0.200. The van der Waals surface area contributed by atoms with E-state index in [-0.39, 0.29) is 12.5 Å². The lowest BCUT2D eigenvalue weighted by Gasteiger charge is -2.17. The van der Waals surface area contributed by atoms with E-state index in [9.17, 15) is 9.90 Å².